The molecule has 1 heterocycles. The van der Waals surface area contributed by atoms with E-state index in [9.17, 15) is 4.79 Å². The van der Waals surface area contributed by atoms with Crippen molar-refractivity contribution < 1.29 is 9.53 Å². The van der Waals surface area contributed by atoms with E-state index in [1.807, 2.05) is 31.2 Å². The molecule has 0 saturated heterocycles. The average molecular weight is 313 g/mol. The van der Waals surface area contributed by atoms with E-state index in [0.29, 0.717) is 25.6 Å². The zero-order valence-corrected chi connectivity index (χ0v) is 13.6. The standard InChI is InChI=1S/C18H23N3O2/c1-3-23-17-16(9-6-11-19-17)13-21-18(22)20-12-10-15-8-5-4-7-14(15)2/h4-9,11H,3,10,12-13H2,1-2H3,(H2,20,21,22). The Labute approximate surface area is 137 Å². The van der Waals surface area contributed by atoms with Crippen molar-refractivity contribution in [3.8, 4) is 5.88 Å². The van der Waals surface area contributed by atoms with Crippen LogP contribution < -0.4 is 15.4 Å². The maximum atomic E-state index is 11.9. The van der Waals surface area contributed by atoms with Gasteiger partial charge >= 0.3 is 6.03 Å². The summed E-state index contributed by atoms with van der Waals surface area (Å²) in [6, 6.07) is 11.7. The van der Waals surface area contributed by atoms with Crippen molar-refractivity contribution in [3.63, 3.8) is 0 Å². The molecule has 0 atom stereocenters. The molecule has 0 saturated carbocycles. The Balaban J connectivity index is 1.76. The number of carbonyl (C=O) groups excluding carboxylic acids is 1. The fourth-order valence-electron chi connectivity index (χ4n) is 2.26. The van der Waals surface area contributed by atoms with Gasteiger partial charge in [0.25, 0.3) is 0 Å². The third-order valence-corrected chi connectivity index (χ3v) is 3.51. The molecule has 2 aromatic rings. The van der Waals surface area contributed by atoms with Crippen LogP contribution in [0.4, 0.5) is 4.79 Å². The van der Waals surface area contributed by atoms with Crippen LogP contribution in [0.3, 0.4) is 0 Å². The smallest absolute Gasteiger partial charge is 0.315 e. The van der Waals surface area contributed by atoms with Gasteiger partial charge in [-0.15, -0.1) is 0 Å². The minimum atomic E-state index is -0.190. The minimum Gasteiger partial charge on any atom is -0.478 e. The van der Waals surface area contributed by atoms with Crippen LogP contribution in [0.2, 0.25) is 0 Å². The SMILES string of the molecule is CCOc1ncccc1CNC(=O)NCCc1ccccc1C. The second kappa shape index (κ2) is 8.78. The van der Waals surface area contributed by atoms with Crippen LogP contribution in [0.5, 0.6) is 5.88 Å². The number of amides is 2. The Morgan fingerprint density at radius 1 is 1.13 bits per heavy atom. The lowest BCUT2D eigenvalue weighted by Gasteiger charge is -2.11. The van der Waals surface area contributed by atoms with Gasteiger partial charge in [-0.3, -0.25) is 0 Å². The van der Waals surface area contributed by atoms with Gasteiger partial charge in [-0.2, -0.15) is 0 Å². The highest BCUT2D eigenvalue weighted by Gasteiger charge is 2.06. The van der Waals surface area contributed by atoms with Crippen molar-refractivity contribution in [1.29, 1.82) is 0 Å². The molecule has 0 aliphatic heterocycles. The molecule has 1 aromatic carbocycles. The molecule has 23 heavy (non-hydrogen) atoms. The fourth-order valence-corrected chi connectivity index (χ4v) is 2.26. The summed E-state index contributed by atoms with van der Waals surface area (Å²) in [5.41, 5.74) is 3.36. The highest BCUT2D eigenvalue weighted by molar-refractivity contribution is 5.73. The number of aromatic nitrogens is 1. The Morgan fingerprint density at radius 3 is 2.70 bits per heavy atom. The molecule has 1 aromatic heterocycles. The first kappa shape index (κ1) is 16.8. The van der Waals surface area contributed by atoms with Crippen molar-refractivity contribution in [2.45, 2.75) is 26.8 Å². The van der Waals surface area contributed by atoms with Gasteiger partial charge in [0.2, 0.25) is 5.88 Å². The molecule has 0 radical (unpaired) electrons. The summed E-state index contributed by atoms with van der Waals surface area (Å²) in [6.45, 7) is 5.52. The van der Waals surface area contributed by atoms with Gasteiger partial charge in [-0.1, -0.05) is 30.3 Å². The summed E-state index contributed by atoms with van der Waals surface area (Å²) in [5.74, 6) is 0.565. The van der Waals surface area contributed by atoms with Crippen molar-refractivity contribution in [1.82, 2.24) is 15.6 Å². The third-order valence-electron chi connectivity index (χ3n) is 3.51. The highest BCUT2D eigenvalue weighted by Crippen LogP contribution is 2.13. The maximum absolute atomic E-state index is 11.9. The van der Waals surface area contributed by atoms with Crippen LogP contribution in [0.15, 0.2) is 42.6 Å². The van der Waals surface area contributed by atoms with Crippen LogP contribution in [0.25, 0.3) is 0 Å². The Hall–Kier alpha value is -2.56. The van der Waals surface area contributed by atoms with Crippen LogP contribution in [0, 0.1) is 6.92 Å². The number of ether oxygens (including phenoxy) is 1. The number of nitrogens with one attached hydrogen (secondary N) is 2. The largest absolute Gasteiger partial charge is 0.478 e. The van der Waals surface area contributed by atoms with Crippen molar-refractivity contribution in [2.75, 3.05) is 13.2 Å². The van der Waals surface area contributed by atoms with Crippen LogP contribution in [-0.4, -0.2) is 24.2 Å². The lowest BCUT2D eigenvalue weighted by atomic mass is 10.1. The van der Waals surface area contributed by atoms with E-state index >= 15 is 0 Å². The van der Waals surface area contributed by atoms with Gasteiger partial charge in [0.05, 0.1) is 6.61 Å². The topological polar surface area (TPSA) is 63.2 Å². The summed E-state index contributed by atoms with van der Waals surface area (Å²) in [7, 11) is 0. The van der Waals surface area contributed by atoms with Crippen LogP contribution >= 0.6 is 0 Å². The predicted octanol–water partition coefficient (Wildman–Crippen LogP) is 2.83. The van der Waals surface area contributed by atoms with E-state index in [1.54, 1.807) is 6.20 Å². The number of nitrogens with zero attached hydrogens (tertiary/aromatic N) is 1. The zero-order chi connectivity index (χ0) is 16.5. The van der Waals surface area contributed by atoms with Gasteiger partial charge in [0.15, 0.2) is 0 Å². The lowest BCUT2D eigenvalue weighted by molar-refractivity contribution is 0.240. The first-order chi connectivity index (χ1) is 11.2. The van der Waals surface area contributed by atoms with E-state index in [1.165, 1.54) is 11.1 Å². The number of hydrogen-bond acceptors (Lipinski definition) is 3. The molecule has 2 N–H and O–H groups in total. The van der Waals surface area contributed by atoms with Crippen molar-refractivity contribution in [2.24, 2.45) is 0 Å². The minimum absolute atomic E-state index is 0.190. The van der Waals surface area contributed by atoms with Crippen molar-refractivity contribution >= 4 is 6.03 Å². The monoisotopic (exact) mass is 313 g/mol. The third kappa shape index (κ3) is 5.29. The second-order valence-electron chi connectivity index (χ2n) is 5.19. The molecule has 0 bridgehead atoms. The summed E-state index contributed by atoms with van der Waals surface area (Å²) in [6.07, 6.45) is 2.49. The number of hydrogen-bond donors (Lipinski definition) is 2. The second-order valence-corrected chi connectivity index (χ2v) is 5.19. The van der Waals surface area contributed by atoms with Gasteiger partial charge < -0.3 is 15.4 Å². The Morgan fingerprint density at radius 2 is 1.91 bits per heavy atom. The van der Waals surface area contributed by atoms with E-state index in [-0.39, 0.29) is 6.03 Å². The summed E-state index contributed by atoms with van der Waals surface area (Å²) in [4.78, 5) is 16.0. The molecule has 0 aliphatic rings. The molecule has 0 fully saturated rings. The van der Waals surface area contributed by atoms with E-state index in [0.717, 1.165) is 12.0 Å². The highest BCUT2D eigenvalue weighted by atomic mass is 16.5. The quantitative estimate of drug-likeness (QED) is 0.826. The van der Waals surface area contributed by atoms with Crippen molar-refractivity contribution in [3.05, 3.63) is 59.3 Å². The lowest BCUT2D eigenvalue weighted by Crippen LogP contribution is -2.36. The Kier molecular flexibility index (Phi) is 6.41. The number of aryl methyl sites for hydroxylation is 1. The average Bonchev–Trinajstić information content (AvgIpc) is 2.56. The first-order valence-corrected chi connectivity index (χ1v) is 7.83. The number of urea groups is 1. The number of benzene rings is 1. The molecule has 0 spiro atoms. The predicted molar refractivity (Wildman–Crippen MR) is 90.5 cm³/mol. The summed E-state index contributed by atoms with van der Waals surface area (Å²) >= 11 is 0. The molecule has 122 valence electrons. The van der Waals surface area contributed by atoms with E-state index in [4.69, 9.17) is 4.74 Å². The van der Waals surface area contributed by atoms with Gasteiger partial charge in [-0.05, 0) is 37.5 Å². The molecular weight excluding hydrogens is 290 g/mol. The zero-order valence-electron chi connectivity index (χ0n) is 13.6. The van der Waals surface area contributed by atoms with Crippen LogP contribution in [0.1, 0.15) is 23.6 Å². The summed E-state index contributed by atoms with van der Waals surface area (Å²) < 4.78 is 5.44. The van der Waals surface area contributed by atoms with E-state index in [2.05, 4.69) is 34.7 Å². The normalized spacial score (nSPS) is 10.2. The van der Waals surface area contributed by atoms with E-state index < -0.39 is 0 Å². The summed E-state index contributed by atoms with van der Waals surface area (Å²) in [5, 5.41) is 5.70. The molecule has 0 unspecified atom stereocenters. The first-order valence-electron chi connectivity index (χ1n) is 7.83. The Bertz CT molecular complexity index is 644. The fraction of sp³-hybridized carbons (Fsp3) is 0.333. The molecule has 2 amide bonds. The number of pyridine rings is 1. The molecular formula is C18H23N3O2. The van der Waals surface area contributed by atoms with Gasteiger partial charge in [-0.25, -0.2) is 9.78 Å². The maximum Gasteiger partial charge on any atom is 0.315 e. The number of rotatable bonds is 7. The molecule has 5 heteroatoms. The van der Waals surface area contributed by atoms with Crippen LogP contribution in [-0.2, 0) is 13.0 Å². The molecule has 5 nitrogen and oxygen atoms in total. The van der Waals surface area contributed by atoms with Gasteiger partial charge in [0.1, 0.15) is 0 Å². The molecule has 0 aliphatic carbocycles. The van der Waals surface area contributed by atoms with Gasteiger partial charge in [0, 0.05) is 24.8 Å². The molecule has 2 rings (SSSR count). The number of carbonyl (C=O) groups is 1.